The maximum atomic E-state index is 12.5. The van der Waals surface area contributed by atoms with Crippen molar-refractivity contribution >= 4 is 58.6 Å². The highest BCUT2D eigenvalue weighted by Crippen LogP contribution is 2.41. The molecule has 1 saturated heterocycles. The average molecular weight is 498 g/mol. The molecule has 10 nitrogen and oxygen atoms in total. The minimum absolute atomic E-state index is 0.0348. The second-order valence-electron chi connectivity index (χ2n) is 6.33. The molecule has 3 rings (SSSR count). The maximum absolute atomic E-state index is 12.5. The van der Waals surface area contributed by atoms with Gasteiger partial charge in [0, 0.05) is 11.5 Å². The summed E-state index contributed by atoms with van der Waals surface area (Å²) >= 11 is 6.81. The number of rotatable bonds is 8. The molecule has 1 amide bonds. The van der Waals surface area contributed by atoms with Crippen LogP contribution in [0.1, 0.15) is 12.3 Å². The number of hydrogen-bond donors (Lipinski definition) is 3. The van der Waals surface area contributed by atoms with Crippen LogP contribution in [0.3, 0.4) is 0 Å². The molecule has 1 fully saturated rings. The van der Waals surface area contributed by atoms with Gasteiger partial charge in [-0.25, -0.2) is 4.79 Å². The van der Waals surface area contributed by atoms with Gasteiger partial charge in [0.2, 0.25) is 5.89 Å². The number of nitrogens with zero attached hydrogens (tertiary/aromatic N) is 3. The molecule has 2 aliphatic rings. The number of hydrogen-bond acceptors (Lipinski definition) is 9. The summed E-state index contributed by atoms with van der Waals surface area (Å²) in [4.78, 5) is 35.3. The third-order valence-corrected chi connectivity index (χ3v) is 6.55. The zero-order valence-corrected chi connectivity index (χ0v) is 17.7. The van der Waals surface area contributed by atoms with E-state index in [4.69, 9.17) is 9.52 Å². The molecule has 168 valence electrons. The molecule has 0 radical (unpaired) electrons. The van der Waals surface area contributed by atoms with Crippen molar-refractivity contribution in [3.8, 4) is 0 Å². The number of carboxylic acids is 2. The van der Waals surface area contributed by atoms with Crippen LogP contribution in [0.4, 0.5) is 13.2 Å². The van der Waals surface area contributed by atoms with Crippen LogP contribution in [0, 0.1) is 0 Å². The van der Waals surface area contributed by atoms with Gasteiger partial charge < -0.3 is 19.9 Å². The van der Waals surface area contributed by atoms with E-state index in [2.05, 4.69) is 27.7 Å². The minimum atomic E-state index is -4.52. The number of aliphatic carboxylic acids is 2. The van der Waals surface area contributed by atoms with Crippen LogP contribution in [0.15, 0.2) is 20.9 Å². The summed E-state index contributed by atoms with van der Waals surface area (Å²) in [6.07, 6.45) is -6.35. The summed E-state index contributed by atoms with van der Waals surface area (Å²) < 4.78 is 42.5. The normalized spacial score (nSPS) is 20.9. The standard InChI is InChI=1S/C15H13F3N4O6S3/c16-15(17,18)2-7(29)19-9-11(25)22-10(13(26)27)5(3-30-12(9)22)4-31-14-21-20-6(28-14)1-8(23)24/h9,12H,1-4H2,(H,19,29)(H,23,24)(H,26,27)/t9?,12-/m1/s1. The Kier molecular flexibility index (Phi) is 6.80. The highest BCUT2D eigenvalue weighted by atomic mass is 32.2. The number of alkyl halides is 3. The lowest BCUT2D eigenvalue weighted by molar-refractivity contribution is -0.148. The van der Waals surface area contributed by atoms with E-state index in [1.54, 1.807) is 0 Å². The van der Waals surface area contributed by atoms with E-state index < -0.39 is 53.3 Å². The fourth-order valence-electron chi connectivity index (χ4n) is 2.85. The lowest BCUT2D eigenvalue weighted by Gasteiger charge is -2.49. The van der Waals surface area contributed by atoms with Gasteiger partial charge >= 0.3 is 18.1 Å². The number of thiocarbonyl (C=S) groups is 1. The van der Waals surface area contributed by atoms with Crippen molar-refractivity contribution in [1.29, 1.82) is 0 Å². The minimum Gasteiger partial charge on any atom is -0.481 e. The molecule has 0 aliphatic carbocycles. The first-order valence-electron chi connectivity index (χ1n) is 8.39. The van der Waals surface area contributed by atoms with Crippen LogP contribution < -0.4 is 5.32 Å². The summed E-state index contributed by atoms with van der Waals surface area (Å²) in [7, 11) is 0. The van der Waals surface area contributed by atoms with Crippen molar-refractivity contribution in [3.63, 3.8) is 0 Å². The first-order chi connectivity index (χ1) is 14.5. The van der Waals surface area contributed by atoms with E-state index in [1.165, 1.54) is 11.8 Å². The quantitative estimate of drug-likeness (QED) is 0.270. The third-order valence-electron chi connectivity index (χ3n) is 4.05. The molecule has 3 N–H and O–H groups in total. The summed E-state index contributed by atoms with van der Waals surface area (Å²) in [5, 5.41) is 27.2. The highest BCUT2D eigenvalue weighted by molar-refractivity contribution is 8.01. The number of fused-ring (bicyclic) bond motifs is 1. The molecule has 0 saturated carbocycles. The Hall–Kier alpha value is -2.33. The molecule has 31 heavy (non-hydrogen) atoms. The molecule has 1 unspecified atom stereocenters. The van der Waals surface area contributed by atoms with Gasteiger partial charge in [-0.05, 0) is 5.57 Å². The molecular formula is C15H13F3N4O6S3. The maximum Gasteiger partial charge on any atom is 0.395 e. The topological polar surface area (TPSA) is 146 Å². The van der Waals surface area contributed by atoms with Gasteiger partial charge in [0.15, 0.2) is 0 Å². The molecule has 0 bridgehead atoms. The molecule has 0 spiro atoms. The summed E-state index contributed by atoms with van der Waals surface area (Å²) in [6, 6.07) is -1.04. The Morgan fingerprint density at radius 3 is 2.68 bits per heavy atom. The number of carboxylic acid groups (broad SMARTS) is 2. The fourth-order valence-corrected chi connectivity index (χ4v) is 5.40. The van der Waals surface area contributed by atoms with Crippen LogP contribution in [0.2, 0.25) is 0 Å². The number of nitrogens with one attached hydrogen (secondary N) is 1. The Labute approximate surface area is 185 Å². The molecule has 16 heteroatoms. The first kappa shape index (κ1) is 23.3. The van der Waals surface area contributed by atoms with Crippen LogP contribution >= 0.6 is 35.7 Å². The lowest BCUT2D eigenvalue weighted by Crippen LogP contribution is -2.70. The second kappa shape index (κ2) is 9.04. The summed E-state index contributed by atoms with van der Waals surface area (Å²) in [5.74, 6) is -3.04. The van der Waals surface area contributed by atoms with Crippen LogP contribution in [0.25, 0.3) is 0 Å². The van der Waals surface area contributed by atoms with Gasteiger partial charge in [0.05, 0.1) is 11.4 Å². The predicted molar refractivity (Wildman–Crippen MR) is 104 cm³/mol. The number of halogens is 3. The number of thioether (sulfide) groups is 2. The van der Waals surface area contributed by atoms with Gasteiger partial charge in [-0.3, -0.25) is 14.5 Å². The van der Waals surface area contributed by atoms with Crippen molar-refractivity contribution in [2.45, 2.75) is 35.7 Å². The lowest BCUT2D eigenvalue weighted by atomic mass is 10.0. The van der Waals surface area contributed by atoms with E-state index >= 15 is 0 Å². The van der Waals surface area contributed by atoms with Gasteiger partial charge in [-0.2, -0.15) is 13.2 Å². The Bertz CT molecular complexity index is 966. The molecule has 1 aromatic rings. The Morgan fingerprint density at radius 1 is 1.35 bits per heavy atom. The molecule has 1 aromatic heterocycles. The zero-order valence-electron chi connectivity index (χ0n) is 15.2. The molecule has 2 atom stereocenters. The largest absolute Gasteiger partial charge is 0.481 e. The van der Waals surface area contributed by atoms with Crippen molar-refractivity contribution in [2.24, 2.45) is 0 Å². The smallest absolute Gasteiger partial charge is 0.395 e. The van der Waals surface area contributed by atoms with E-state index in [-0.39, 0.29) is 28.3 Å². The SMILES string of the molecule is O=C(O)Cc1nnc(SCC2=C(C(=O)O)N3C(=O)C(NC(=S)CC(F)(F)F)[C@H]3SC2)o1. The monoisotopic (exact) mass is 498 g/mol. The Balaban J connectivity index is 1.68. The van der Waals surface area contributed by atoms with Gasteiger partial charge in [0.1, 0.15) is 23.5 Å². The number of β-lactam (4-membered cyclic amide) rings is 1. The van der Waals surface area contributed by atoms with Crippen LogP contribution in [0.5, 0.6) is 0 Å². The van der Waals surface area contributed by atoms with E-state index in [0.717, 1.165) is 16.7 Å². The van der Waals surface area contributed by atoms with Gasteiger partial charge in [0.25, 0.3) is 11.1 Å². The molecule has 0 aromatic carbocycles. The van der Waals surface area contributed by atoms with Crippen molar-refractivity contribution in [3.05, 3.63) is 17.2 Å². The van der Waals surface area contributed by atoms with E-state index in [0.29, 0.717) is 5.57 Å². The zero-order chi connectivity index (χ0) is 22.9. The predicted octanol–water partition coefficient (Wildman–Crippen LogP) is 1.28. The van der Waals surface area contributed by atoms with E-state index in [1.807, 2.05) is 0 Å². The number of carbonyl (C=O) groups is 3. The highest BCUT2D eigenvalue weighted by Gasteiger charge is 2.54. The van der Waals surface area contributed by atoms with E-state index in [9.17, 15) is 32.7 Å². The second-order valence-corrected chi connectivity index (χ2v) is 8.85. The third kappa shape index (κ3) is 5.48. The summed E-state index contributed by atoms with van der Waals surface area (Å²) in [6.45, 7) is 0. The number of aromatic nitrogens is 2. The molecule has 2 aliphatic heterocycles. The summed E-state index contributed by atoms with van der Waals surface area (Å²) in [5.41, 5.74) is 0.118. The van der Waals surface area contributed by atoms with Crippen molar-refractivity contribution in [2.75, 3.05) is 11.5 Å². The average Bonchev–Trinajstić information content (AvgIpc) is 3.08. The fraction of sp³-hybridized carbons (Fsp3) is 0.467. The molecule has 3 heterocycles. The number of carbonyl (C=O) groups excluding carboxylic acids is 1. The van der Waals surface area contributed by atoms with Gasteiger partial charge in [-0.15, -0.1) is 22.0 Å². The molecular weight excluding hydrogens is 485 g/mol. The van der Waals surface area contributed by atoms with Crippen molar-refractivity contribution < 1.29 is 42.2 Å². The van der Waals surface area contributed by atoms with Gasteiger partial charge in [-0.1, -0.05) is 24.0 Å². The van der Waals surface area contributed by atoms with Crippen molar-refractivity contribution in [1.82, 2.24) is 20.4 Å². The van der Waals surface area contributed by atoms with Crippen LogP contribution in [-0.4, -0.2) is 77.2 Å². The Morgan fingerprint density at radius 2 is 2.06 bits per heavy atom. The number of amides is 1. The first-order valence-corrected chi connectivity index (χ1v) is 10.8. The van der Waals surface area contributed by atoms with Crippen LogP contribution in [-0.2, 0) is 20.8 Å².